The maximum absolute atomic E-state index is 13.2. The number of aromatic amines is 1. The van der Waals surface area contributed by atoms with Crippen LogP contribution in [0, 0.1) is 17.5 Å². The van der Waals surface area contributed by atoms with E-state index in [4.69, 9.17) is 12.2 Å². The van der Waals surface area contributed by atoms with Crippen molar-refractivity contribution in [1.82, 2.24) is 29.9 Å². The molecule has 30 heavy (non-hydrogen) atoms. The highest BCUT2D eigenvalue weighted by atomic mass is 32.1. The average Bonchev–Trinajstić information content (AvgIpc) is 3.23. The Morgan fingerprint density at radius 3 is 2.87 bits per heavy atom. The second-order valence-electron chi connectivity index (χ2n) is 7.43. The van der Waals surface area contributed by atoms with Crippen LogP contribution in [0.4, 0.5) is 4.39 Å². The van der Waals surface area contributed by atoms with Crippen LogP contribution in [0.3, 0.4) is 0 Å². The summed E-state index contributed by atoms with van der Waals surface area (Å²) in [6.07, 6.45) is 2.18. The molecule has 0 radical (unpaired) electrons. The van der Waals surface area contributed by atoms with Gasteiger partial charge < -0.3 is 5.32 Å². The third-order valence-corrected chi connectivity index (χ3v) is 6.61. The van der Waals surface area contributed by atoms with Gasteiger partial charge in [-0.25, -0.2) is 4.39 Å². The van der Waals surface area contributed by atoms with Gasteiger partial charge in [-0.05, 0) is 55.7 Å². The molecule has 10 heteroatoms. The zero-order valence-electron chi connectivity index (χ0n) is 16.2. The molecule has 7 nitrogen and oxygen atoms in total. The van der Waals surface area contributed by atoms with E-state index in [1.165, 1.54) is 23.5 Å². The van der Waals surface area contributed by atoms with E-state index in [1.807, 2.05) is 22.2 Å². The Morgan fingerprint density at radius 1 is 1.37 bits per heavy atom. The largest absolute Gasteiger partial charge is 0.344 e. The third kappa shape index (κ3) is 3.56. The van der Waals surface area contributed by atoms with E-state index in [1.54, 1.807) is 12.1 Å². The van der Waals surface area contributed by atoms with Crippen LogP contribution < -0.4 is 5.32 Å². The summed E-state index contributed by atoms with van der Waals surface area (Å²) in [6, 6.07) is 8.63. The van der Waals surface area contributed by atoms with Crippen molar-refractivity contribution < 1.29 is 9.18 Å². The van der Waals surface area contributed by atoms with Gasteiger partial charge in [-0.15, -0.1) is 11.3 Å². The molecule has 0 atom stereocenters. The van der Waals surface area contributed by atoms with Gasteiger partial charge >= 0.3 is 0 Å². The first-order valence-corrected chi connectivity index (χ1v) is 10.9. The standard InChI is InChI=1S/C20H19FN6OS2/c1-11-15-8-16(18(28)22-9-17-23-24-20(29)27(17)14-6-7-14)30-19(15)26(25-11)10-12-2-4-13(21)5-3-12/h2-5,8,14H,6-7,9-10H2,1H3,(H,22,28)(H,24,29). The lowest BCUT2D eigenvalue weighted by Crippen LogP contribution is -2.24. The van der Waals surface area contributed by atoms with Gasteiger partial charge in [0.15, 0.2) is 10.6 Å². The van der Waals surface area contributed by atoms with Crippen molar-refractivity contribution in [2.45, 2.75) is 38.9 Å². The molecule has 4 aromatic rings. The lowest BCUT2D eigenvalue weighted by Gasteiger charge is -2.06. The highest BCUT2D eigenvalue weighted by Gasteiger charge is 2.27. The molecule has 0 bridgehead atoms. The predicted molar refractivity (Wildman–Crippen MR) is 115 cm³/mol. The molecular weight excluding hydrogens is 423 g/mol. The predicted octanol–water partition coefficient (Wildman–Crippen LogP) is 4.11. The van der Waals surface area contributed by atoms with Gasteiger partial charge in [-0.2, -0.15) is 10.2 Å². The lowest BCUT2D eigenvalue weighted by atomic mass is 10.2. The molecule has 1 aliphatic rings. The smallest absolute Gasteiger partial charge is 0.261 e. The summed E-state index contributed by atoms with van der Waals surface area (Å²) >= 11 is 6.68. The van der Waals surface area contributed by atoms with Crippen LogP contribution in [-0.2, 0) is 13.1 Å². The summed E-state index contributed by atoms with van der Waals surface area (Å²) in [6.45, 7) is 2.76. The highest BCUT2D eigenvalue weighted by molar-refractivity contribution is 7.71. The van der Waals surface area contributed by atoms with Gasteiger partial charge in [-0.1, -0.05) is 12.1 Å². The van der Waals surface area contributed by atoms with Crippen molar-refractivity contribution >= 4 is 39.7 Å². The fraction of sp³-hybridized carbons (Fsp3) is 0.300. The van der Waals surface area contributed by atoms with E-state index in [2.05, 4.69) is 20.6 Å². The summed E-state index contributed by atoms with van der Waals surface area (Å²) in [4.78, 5) is 14.3. The SMILES string of the molecule is Cc1nn(Cc2ccc(F)cc2)c2sc(C(=O)NCc3n[nH]c(=S)n3C3CC3)cc12. The summed E-state index contributed by atoms with van der Waals surface area (Å²) in [5, 5.41) is 15.5. The maximum atomic E-state index is 13.2. The van der Waals surface area contributed by atoms with Crippen LogP contribution in [0.1, 0.15) is 45.6 Å². The molecule has 154 valence electrons. The molecule has 1 fully saturated rings. The molecule has 0 unspecified atom stereocenters. The molecule has 1 aliphatic carbocycles. The third-order valence-electron chi connectivity index (χ3n) is 5.17. The number of hydrogen-bond acceptors (Lipinski definition) is 5. The number of amides is 1. The number of thiophene rings is 1. The number of nitrogens with one attached hydrogen (secondary N) is 2. The van der Waals surface area contributed by atoms with Crippen LogP contribution in [0.5, 0.6) is 0 Å². The van der Waals surface area contributed by atoms with Crippen LogP contribution in [0.15, 0.2) is 30.3 Å². The summed E-state index contributed by atoms with van der Waals surface area (Å²) in [5.74, 6) is 0.328. The fourth-order valence-corrected chi connectivity index (χ4v) is 4.89. The topological polar surface area (TPSA) is 80.5 Å². The second kappa shape index (κ2) is 7.44. The minimum Gasteiger partial charge on any atom is -0.344 e. The van der Waals surface area contributed by atoms with Gasteiger partial charge in [-0.3, -0.25) is 19.1 Å². The first kappa shape index (κ1) is 19.1. The second-order valence-corrected chi connectivity index (χ2v) is 8.85. The Balaban J connectivity index is 1.35. The monoisotopic (exact) mass is 442 g/mol. The quantitative estimate of drug-likeness (QED) is 0.441. The molecular formula is C20H19FN6OS2. The lowest BCUT2D eigenvalue weighted by molar-refractivity contribution is 0.0953. The van der Waals surface area contributed by atoms with E-state index >= 15 is 0 Å². The number of benzene rings is 1. The number of H-pyrrole nitrogens is 1. The van der Waals surface area contributed by atoms with Crippen molar-refractivity contribution in [2.75, 3.05) is 0 Å². The van der Waals surface area contributed by atoms with Gasteiger partial charge in [0.05, 0.1) is 23.7 Å². The van der Waals surface area contributed by atoms with Crippen LogP contribution in [0.2, 0.25) is 0 Å². The Kier molecular flexibility index (Phi) is 4.75. The molecule has 1 amide bonds. The number of aryl methyl sites for hydroxylation is 1. The van der Waals surface area contributed by atoms with Gasteiger partial charge in [0.25, 0.3) is 5.91 Å². The molecule has 0 saturated heterocycles. The number of halogens is 1. The fourth-order valence-electron chi connectivity index (χ4n) is 3.51. The number of nitrogens with zero attached hydrogens (tertiary/aromatic N) is 4. The maximum Gasteiger partial charge on any atom is 0.261 e. The summed E-state index contributed by atoms with van der Waals surface area (Å²) in [7, 11) is 0. The number of rotatable bonds is 6. The molecule has 5 rings (SSSR count). The van der Waals surface area contributed by atoms with E-state index < -0.39 is 0 Å². The number of hydrogen-bond donors (Lipinski definition) is 2. The minimum atomic E-state index is -0.265. The van der Waals surface area contributed by atoms with Gasteiger partial charge in [0, 0.05) is 11.4 Å². The van der Waals surface area contributed by atoms with Crippen LogP contribution >= 0.6 is 23.6 Å². The molecule has 0 aliphatic heterocycles. The molecule has 3 aromatic heterocycles. The number of carbonyl (C=O) groups is 1. The van der Waals surface area contributed by atoms with Crippen molar-refractivity contribution in [3.8, 4) is 0 Å². The zero-order valence-corrected chi connectivity index (χ0v) is 17.8. The van der Waals surface area contributed by atoms with E-state index in [-0.39, 0.29) is 11.7 Å². The average molecular weight is 443 g/mol. The van der Waals surface area contributed by atoms with E-state index in [9.17, 15) is 9.18 Å². The molecule has 1 saturated carbocycles. The molecule has 0 spiro atoms. The first-order chi connectivity index (χ1) is 14.5. The van der Waals surface area contributed by atoms with Crippen molar-refractivity contribution in [3.05, 3.63) is 62.9 Å². The minimum absolute atomic E-state index is 0.153. The van der Waals surface area contributed by atoms with Crippen LogP contribution in [-0.4, -0.2) is 30.5 Å². The van der Waals surface area contributed by atoms with Crippen molar-refractivity contribution in [2.24, 2.45) is 0 Å². The van der Waals surface area contributed by atoms with E-state index in [0.717, 1.165) is 40.1 Å². The Hall–Kier alpha value is -2.85. The number of fused-ring (bicyclic) bond motifs is 1. The van der Waals surface area contributed by atoms with Crippen molar-refractivity contribution in [1.29, 1.82) is 0 Å². The number of carbonyl (C=O) groups excluding carboxylic acids is 1. The summed E-state index contributed by atoms with van der Waals surface area (Å²) in [5.41, 5.74) is 1.81. The molecule has 1 aromatic carbocycles. The Labute approximate surface area is 180 Å². The molecule has 2 N–H and O–H groups in total. The van der Waals surface area contributed by atoms with Crippen LogP contribution in [0.25, 0.3) is 10.2 Å². The highest BCUT2D eigenvalue weighted by Crippen LogP contribution is 2.35. The zero-order chi connectivity index (χ0) is 20.8. The Morgan fingerprint density at radius 2 is 2.13 bits per heavy atom. The van der Waals surface area contributed by atoms with Gasteiger partial charge in [0.2, 0.25) is 0 Å². The van der Waals surface area contributed by atoms with Crippen molar-refractivity contribution in [3.63, 3.8) is 0 Å². The molecule has 3 heterocycles. The normalized spacial score (nSPS) is 13.8. The first-order valence-electron chi connectivity index (χ1n) is 9.65. The summed E-state index contributed by atoms with van der Waals surface area (Å²) < 4.78 is 17.6. The van der Waals surface area contributed by atoms with Gasteiger partial charge in [0.1, 0.15) is 10.6 Å². The van der Waals surface area contributed by atoms with E-state index in [0.29, 0.717) is 28.8 Å². The number of aromatic nitrogens is 5. The Bertz CT molecular complexity index is 1300.